The number of benzene rings is 1. The minimum atomic E-state index is -2.77. The fraction of sp³-hybridized carbons (Fsp3) is 0.353. The van der Waals surface area contributed by atoms with Gasteiger partial charge in [0.05, 0.1) is 5.60 Å². The summed E-state index contributed by atoms with van der Waals surface area (Å²) < 4.78 is 27.2. The van der Waals surface area contributed by atoms with E-state index in [2.05, 4.69) is 15.3 Å². The van der Waals surface area contributed by atoms with E-state index in [-0.39, 0.29) is 12.2 Å². The summed E-state index contributed by atoms with van der Waals surface area (Å²) in [5, 5.41) is 21.7. The first-order chi connectivity index (χ1) is 11.8. The van der Waals surface area contributed by atoms with Gasteiger partial charge in [0, 0.05) is 13.1 Å². The molecule has 132 valence electrons. The molecule has 1 N–H and O–H groups in total. The molecule has 0 aliphatic rings. The minimum Gasteiger partial charge on any atom is -0.389 e. The fourth-order valence-electron chi connectivity index (χ4n) is 2.59. The summed E-state index contributed by atoms with van der Waals surface area (Å²) in [6.45, 7) is 4.14. The van der Waals surface area contributed by atoms with Gasteiger partial charge in [0.15, 0.2) is 5.65 Å². The summed E-state index contributed by atoms with van der Waals surface area (Å²) in [6.07, 6.45) is -2.77. The van der Waals surface area contributed by atoms with Gasteiger partial charge in [0.1, 0.15) is 5.82 Å². The third-order valence-corrected chi connectivity index (χ3v) is 3.59. The van der Waals surface area contributed by atoms with Gasteiger partial charge in [-0.2, -0.15) is 4.52 Å². The predicted molar refractivity (Wildman–Crippen MR) is 89.5 cm³/mol. The number of aromatic nitrogens is 4. The van der Waals surface area contributed by atoms with Crippen LogP contribution in [0.15, 0.2) is 42.5 Å². The number of halogens is 2. The van der Waals surface area contributed by atoms with Crippen LogP contribution in [0.2, 0.25) is 0 Å². The van der Waals surface area contributed by atoms with Gasteiger partial charge in [0.2, 0.25) is 5.82 Å². The molecule has 0 unspecified atom stereocenters. The Morgan fingerprint density at radius 1 is 1.12 bits per heavy atom. The molecule has 6 nitrogen and oxygen atoms in total. The van der Waals surface area contributed by atoms with Gasteiger partial charge in [-0.15, -0.1) is 15.3 Å². The molecular weight excluding hydrogens is 328 g/mol. The minimum absolute atomic E-state index is 0.252. The van der Waals surface area contributed by atoms with Gasteiger partial charge in [-0.25, -0.2) is 8.78 Å². The average molecular weight is 347 g/mol. The first-order valence-electron chi connectivity index (χ1n) is 7.85. The van der Waals surface area contributed by atoms with E-state index in [4.69, 9.17) is 0 Å². The third kappa shape index (κ3) is 4.08. The van der Waals surface area contributed by atoms with E-state index in [1.165, 1.54) is 0 Å². The molecule has 0 atom stereocenters. The van der Waals surface area contributed by atoms with Crippen LogP contribution in [0, 0.1) is 0 Å². The van der Waals surface area contributed by atoms with Crippen LogP contribution in [0.5, 0.6) is 0 Å². The summed E-state index contributed by atoms with van der Waals surface area (Å²) in [7, 11) is 0. The third-order valence-electron chi connectivity index (χ3n) is 3.59. The van der Waals surface area contributed by atoms with Gasteiger partial charge in [-0.1, -0.05) is 30.3 Å². The largest absolute Gasteiger partial charge is 0.389 e. The average Bonchev–Trinajstić information content (AvgIpc) is 2.97. The van der Waals surface area contributed by atoms with Crippen molar-refractivity contribution in [3.63, 3.8) is 0 Å². The lowest BCUT2D eigenvalue weighted by atomic mass is 10.1. The van der Waals surface area contributed by atoms with Gasteiger partial charge in [-0.3, -0.25) is 0 Å². The van der Waals surface area contributed by atoms with E-state index in [1.54, 1.807) is 26.0 Å². The van der Waals surface area contributed by atoms with E-state index in [0.717, 1.165) is 10.1 Å². The standard InChI is InChI=1S/C17H19F2N5O/c1-17(2,25)11-23(10-12-6-4-3-5-7-12)14-9-8-13-20-21-16(15(18)19)24(13)22-14/h3-9,15,25H,10-11H2,1-2H3. The van der Waals surface area contributed by atoms with Crippen molar-refractivity contribution in [2.75, 3.05) is 11.4 Å². The Morgan fingerprint density at radius 2 is 1.84 bits per heavy atom. The fourth-order valence-corrected chi connectivity index (χ4v) is 2.59. The SMILES string of the molecule is CC(C)(O)CN(Cc1ccccc1)c1ccc2nnc(C(F)F)n2n1. The molecule has 0 bridgehead atoms. The second-order valence-corrected chi connectivity index (χ2v) is 6.47. The molecular formula is C17H19F2N5O. The van der Waals surface area contributed by atoms with Crippen LogP contribution in [0.4, 0.5) is 14.6 Å². The van der Waals surface area contributed by atoms with Crippen LogP contribution in [0.25, 0.3) is 5.65 Å². The van der Waals surface area contributed by atoms with Crippen LogP contribution >= 0.6 is 0 Å². The van der Waals surface area contributed by atoms with E-state index >= 15 is 0 Å². The molecule has 2 aromatic heterocycles. The number of anilines is 1. The lowest BCUT2D eigenvalue weighted by Crippen LogP contribution is -2.39. The van der Waals surface area contributed by atoms with Crippen molar-refractivity contribution < 1.29 is 13.9 Å². The quantitative estimate of drug-likeness (QED) is 0.743. The van der Waals surface area contributed by atoms with Gasteiger partial charge >= 0.3 is 0 Å². The second kappa shape index (κ2) is 6.72. The molecule has 0 aliphatic heterocycles. The number of fused-ring (bicyclic) bond motifs is 1. The normalized spacial score (nSPS) is 12.1. The molecule has 0 spiro atoms. The summed E-state index contributed by atoms with van der Waals surface area (Å²) >= 11 is 0. The summed E-state index contributed by atoms with van der Waals surface area (Å²) in [6, 6.07) is 12.9. The van der Waals surface area contributed by atoms with Crippen molar-refractivity contribution in [2.45, 2.75) is 32.4 Å². The number of alkyl halides is 2. The molecule has 0 saturated carbocycles. The molecule has 3 rings (SSSR count). The van der Waals surface area contributed by atoms with Crippen LogP contribution in [0.1, 0.15) is 31.7 Å². The lowest BCUT2D eigenvalue weighted by Gasteiger charge is -2.30. The first-order valence-corrected chi connectivity index (χ1v) is 7.85. The topological polar surface area (TPSA) is 66.5 Å². The molecule has 0 aliphatic carbocycles. The van der Waals surface area contributed by atoms with Gasteiger partial charge in [0.25, 0.3) is 6.43 Å². The molecule has 0 radical (unpaired) electrons. The maximum Gasteiger partial charge on any atom is 0.299 e. The van der Waals surface area contributed by atoms with Crippen molar-refractivity contribution in [2.24, 2.45) is 0 Å². The highest BCUT2D eigenvalue weighted by Gasteiger charge is 2.22. The van der Waals surface area contributed by atoms with Crippen molar-refractivity contribution in [1.82, 2.24) is 19.8 Å². The number of hydrogen-bond acceptors (Lipinski definition) is 5. The van der Waals surface area contributed by atoms with Crippen LogP contribution < -0.4 is 4.90 Å². The van der Waals surface area contributed by atoms with Crippen molar-refractivity contribution in [3.05, 3.63) is 53.9 Å². The Kier molecular flexibility index (Phi) is 4.63. The zero-order valence-corrected chi connectivity index (χ0v) is 14.0. The molecule has 0 saturated heterocycles. The summed E-state index contributed by atoms with van der Waals surface area (Å²) in [5.41, 5.74) is 0.290. The number of hydrogen-bond donors (Lipinski definition) is 1. The zero-order valence-electron chi connectivity index (χ0n) is 14.0. The van der Waals surface area contributed by atoms with Crippen molar-refractivity contribution in [3.8, 4) is 0 Å². The lowest BCUT2D eigenvalue weighted by molar-refractivity contribution is 0.0867. The molecule has 1 aromatic carbocycles. The number of rotatable bonds is 6. The Labute approximate surface area is 143 Å². The predicted octanol–water partition coefficient (Wildman–Crippen LogP) is 2.84. The van der Waals surface area contributed by atoms with Crippen molar-refractivity contribution >= 4 is 11.5 Å². The van der Waals surface area contributed by atoms with Gasteiger partial charge < -0.3 is 10.0 Å². The zero-order chi connectivity index (χ0) is 18.0. The Morgan fingerprint density at radius 3 is 2.48 bits per heavy atom. The molecule has 0 amide bonds. The Hall–Kier alpha value is -2.61. The maximum absolute atomic E-state index is 13.1. The highest BCUT2D eigenvalue weighted by Crippen LogP contribution is 2.21. The highest BCUT2D eigenvalue weighted by atomic mass is 19.3. The highest BCUT2D eigenvalue weighted by molar-refractivity contribution is 5.46. The monoisotopic (exact) mass is 347 g/mol. The Bertz CT molecular complexity index is 845. The van der Waals surface area contributed by atoms with E-state index in [9.17, 15) is 13.9 Å². The molecule has 3 aromatic rings. The van der Waals surface area contributed by atoms with E-state index in [1.807, 2.05) is 35.2 Å². The molecule has 25 heavy (non-hydrogen) atoms. The number of aliphatic hydroxyl groups is 1. The Balaban J connectivity index is 1.99. The summed E-state index contributed by atoms with van der Waals surface area (Å²) in [5.74, 6) is -0.0417. The van der Waals surface area contributed by atoms with E-state index in [0.29, 0.717) is 12.4 Å². The van der Waals surface area contributed by atoms with Crippen LogP contribution in [-0.4, -0.2) is 37.1 Å². The maximum atomic E-state index is 13.1. The molecule has 0 fully saturated rings. The van der Waals surface area contributed by atoms with Gasteiger partial charge in [-0.05, 0) is 31.5 Å². The molecule has 8 heteroatoms. The smallest absolute Gasteiger partial charge is 0.299 e. The van der Waals surface area contributed by atoms with Crippen molar-refractivity contribution in [1.29, 1.82) is 0 Å². The summed E-state index contributed by atoms with van der Waals surface area (Å²) in [4.78, 5) is 1.84. The second-order valence-electron chi connectivity index (χ2n) is 6.47. The molecule has 2 heterocycles. The number of nitrogens with zero attached hydrogens (tertiary/aromatic N) is 5. The van der Waals surface area contributed by atoms with Crippen LogP contribution in [0.3, 0.4) is 0 Å². The van der Waals surface area contributed by atoms with E-state index < -0.39 is 17.9 Å². The first kappa shape index (κ1) is 17.2. The van der Waals surface area contributed by atoms with Crippen LogP contribution in [-0.2, 0) is 6.54 Å².